The van der Waals surface area contributed by atoms with Crippen LogP contribution in [-0.4, -0.2) is 9.13 Å². The van der Waals surface area contributed by atoms with E-state index < -0.39 is 11.1 Å². The molecule has 16 heavy (non-hydrogen) atoms. The van der Waals surface area contributed by atoms with E-state index >= 15 is 0 Å². The minimum Gasteiger partial charge on any atom is -0.312 e. The highest BCUT2D eigenvalue weighted by Gasteiger charge is 2.02. The first-order valence-electron chi connectivity index (χ1n) is 4.98. The van der Waals surface area contributed by atoms with Crippen LogP contribution >= 0.6 is 0 Å². The molecule has 0 fully saturated rings. The Balaban J connectivity index is 2.41. The number of aromatic nitrogens is 2. The van der Waals surface area contributed by atoms with Gasteiger partial charge in [0.25, 0.3) is 0 Å². The van der Waals surface area contributed by atoms with Crippen molar-refractivity contribution in [1.82, 2.24) is 9.13 Å². The smallest absolute Gasteiger partial charge is 0.312 e. The predicted molar refractivity (Wildman–Crippen MR) is 61.5 cm³/mol. The van der Waals surface area contributed by atoms with Crippen LogP contribution in [0.1, 0.15) is 5.56 Å². The third kappa shape index (κ3) is 1.95. The molecule has 0 aliphatic carbocycles. The lowest BCUT2D eigenvalue weighted by atomic mass is 10.2. The minimum atomic E-state index is -0.501. The molecule has 0 radical (unpaired) electrons. The van der Waals surface area contributed by atoms with Gasteiger partial charge in [0.15, 0.2) is 0 Å². The zero-order chi connectivity index (χ0) is 11.5. The molecule has 2 rings (SSSR count). The summed E-state index contributed by atoms with van der Waals surface area (Å²) in [7, 11) is 1.57. The summed E-state index contributed by atoms with van der Waals surface area (Å²) in [4.78, 5) is 23.0. The Morgan fingerprint density at radius 1 is 1.00 bits per heavy atom. The van der Waals surface area contributed by atoms with Crippen LogP contribution in [0.4, 0.5) is 0 Å². The Bertz CT molecular complexity index is 596. The maximum atomic E-state index is 11.6. The second-order valence-electron chi connectivity index (χ2n) is 3.63. The van der Waals surface area contributed by atoms with Gasteiger partial charge in [-0.25, -0.2) is 0 Å². The fourth-order valence-electron chi connectivity index (χ4n) is 1.49. The number of rotatable bonds is 2. The van der Waals surface area contributed by atoms with E-state index in [1.807, 2.05) is 30.3 Å². The standard InChI is InChI=1S/C12H12N2O2/c1-13-7-8-14(12(16)11(13)15)9-10-5-3-2-4-6-10/h2-8H,9H2,1H3. The first-order chi connectivity index (χ1) is 7.68. The van der Waals surface area contributed by atoms with Crippen molar-refractivity contribution < 1.29 is 0 Å². The van der Waals surface area contributed by atoms with Crippen LogP contribution in [0.2, 0.25) is 0 Å². The maximum absolute atomic E-state index is 11.6. The second-order valence-corrected chi connectivity index (χ2v) is 3.63. The second kappa shape index (κ2) is 4.18. The fraction of sp³-hybridized carbons (Fsp3) is 0.167. The molecule has 0 spiro atoms. The zero-order valence-corrected chi connectivity index (χ0v) is 8.96. The third-order valence-electron chi connectivity index (χ3n) is 2.43. The minimum absolute atomic E-state index is 0.426. The fourth-order valence-corrected chi connectivity index (χ4v) is 1.49. The van der Waals surface area contributed by atoms with Crippen LogP contribution in [0.3, 0.4) is 0 Å². The molecule has 0 aliphatic rings. The van der Waals surface area contributed by atoms with Crippen LogP contribution in [-0.2, 0) is 13.6 Å². The van der Waals surface area contributed by atoms with E-state index in [1.165, 1.54) is 9.13 Å². The molecule has 1 aromatic carbocycles. The van der Waals surface area contributed by atoms with E-state index in [2.05, 4.69) is 0 Å². The Morgan fingerprint density at radius 2 is 1.69 bits per heavy atom. The van der Waals surface area contributed by atoms with Crippen molar-refractivity contribution in [2.45, 2.75) is 6.54 Å². The van der Waals surface area contributed by atoms with Crippen molar-refractivity contribution >= 4 is 0 Å². The number of hydrogen-bond acceptors (Lipinski definition) is 2. The van der Waals surface area contributed by atoms with Gasteiger partial charge >= 0.3 is 11.1 Å². The van der Waals surface area contributed by atoms with Gasteiger partial charge < -0.3 is 9.13 Å². The molecular weight excluding hydrogens is 204 g/mol. The highest BCUT2D eigenvalue weighted by atomic mass is 16.2. The van der Waals surface area contributed by atoms with Gasteiger partial charge in [-0.1, -0.05) is 30.3 Å². The maximum Gasteiger partial charge on any atom is 0.316 e. The average molecular weight is 216 g/mol. The van der Waals surface area contributed by atoms with Gasteiger partial charge in [-0.3, -0.25) is 9.59 Å². The molecule has 1 heterocycles. The average Bonchev–Trinajstić information content (AvgIpc) is 2.31. The molecule has 82 valence electrons. The van der Waals surface area contributed by atoms with Crippen molar-refractivity contribution in [2.24, 2.45) is 7.05 Å². The predicted octanol–water partition coefficient (Wildman–Crippen LogP) is 0.595. The molecule has 4 nitrogen and oxygen atoms in total. The van der Waals surface area contributed by atoms with Gasteiger partial charge in [0.2, 0.25) is 0 Å². The Hall–Kier alpha value is -2.10. The molecule has 0 unspecified atom stereocenters. The molecule has 0 saturated carbocycles. The van der Waals surface area contributed by atoms with Crippen molar-refractivity contribution in [1.29, 1.82) is 0 Å². The van der Waals surface area contributed by atoms with Crippen LogP contribution in [0.5, 0.6) is 0 Å². The Morgan fingerprint density at radius 3 is 2.38 bits per heavy atom. The monoisotopic (exact) mass is 216 g/mol. The zero-order valence-electron chi connectivity index (χ0n) is 8.96. The topological polar surface area (TPSA) is 44.0 Å². The summed E-state index contributed by atoms with van der Waals surface area (Å²) in [5.41, 5.74) is 0.00476. The van der Waals surface area contributed by atoms with Crippen LogP contribution < -0.4 is 11.1 Å². The van der Waals surface area contributed by atoms with E-state index in [1.54, 1.807) is 19.4 Å². The van der Waals surface area contributed by atoms with Gasteiger partial charge in [-0.2, -0.15) is 0 Å². The number of aryl methyl sites for hydroxylation is 1. The highest BCUT2D eigenvalue weighted by Crippen LogP contribution is 1.99. The first kappa shape index (κ1) is 10.4. The summed E-state index contributed by atoms with van der Waals surface area (Å²) in [6.07, 6.45) is 3.21. The molecule has 0 amide bonds. The van der Waals surface area contributed by atoms with Crippen LogP contribution in [0.15, 0.2) is 52.3 Å². The third-order valence-corrected chi connectivity index (χ3v) is 2.43. The lowest BCUT2D eigenvalue weighted by Gasteiger charge is -2.05. The molecule has 0 saturated heterocycles. The summed E-state index contributed by atoms with van der Waals surface area (Å²) >= 11 is 0. The summed E-state index contributed by atoms with van der Waals surface area (Å²) in [5.74, 6) is 0. The summed E-state index contributed by atoms with van der Waals surface area (Å²) < 4.78 is 2.70. The molecule has 0 atom stereocenters. The van der Waals surface area contributed by atoms with Gasteiger partial charge in [0, 0.05) is 19.4 Å². The van der Waals surface area contributed by atoms with E-state index in [0.717, 1.165) is 5.56 Å². The van der Waals surface area contributed by atoms with E-state index in [-0.39, 0.29) is 0 Å². The lowest BCUT2D eigenvalue weighted by molar-refractivity contribution is 0.695. The Labute approximate surface area is 92.4 Å². The quantitative estimate of drug-likeness (QED) is 0.690. The van der Waals surface area contributed by atoms with Crippen molar-refractivity contribution in [3.05, 3.63) is 69.0 Å². The number of benzene rings is 1. The van der Waals surface area contributed by atoms with Crippen molar-refractivity contribution in [3.8, 4) is 0 Å². The van der Waals surface area contributed by atoms with Crippen molar-refractivity contribution in [2.75, 3.05) is 0 Å². The SMILES string of the molecule is Cn1ccn(Cc2ccccc2)c(=O)c1=O. The largest absolute Gasteiger partial charge is 0.316 e. The number of nitrogens with zero attached hydrogens (tertiary/aromatic N) is 2. The summed E-state index contributed by atoms with van der Waals surface area (Å²) in [6.45, 7) is 0.426. The molecule has 2 aromatic rings. The summed E-state index contributed by atoms with van der Waals surface area (Å²) in [6, 6.07) is 9.56. The van der Waals surface area contributed by atoms with E-state index in [9.17, 15) is 9.59 Å². The summed E-state index contributed by atoms with van der Waals surface area (Å²) in [5, 5.41) is 0. The van der Waals surface area contributed by atoms with E-state index in [4.69, 9.17) is 0 Å². The van der Waals surface area contributed by atoms with Gasteiger partial charge in [0.05, 0.1) is 6.54 Å². The molecule has 0 aliphatic heterocycles. The lowest BCUT2D eigenvalue weighted by Crippen LogP contribution is -2.39. The number of hydrogen-bond donors (Lipinski definition) is 0. The molecule has 0 bridgehead atoms. The van der Waals surface area contributed by atoms with Gasteiger partial charge in [0.1, 0.15) is 0 Å². The molecular formula is C12H12N2O2. The first-order valence-corrected chi connectivity index (χ1v) is 4.98. The van der Waals surface area contributed by atoms with Gasteiger partial charge in [-0.05, 0) is 5.56 Å². The molecule has 1 aromatic heterocycles. The van der Waals surface area contributed by atoms with E-state index in [0.29, 0.717) is 6.54 Å². The molecule has 4 heteroatoms. The van der Waals surface area contributed by atoms with Crippen molar-refractivity contribution in [3.63, 3.8) is 0 Å². The highest BCUT2D eigenvalue weighted by molar-refractivity contribution is 5.15. The van der Waals surface area contributed by atoms with Crippen LogP contribution in [0, 0.1) is 0 Å². The van der Waals surface area contributed by atoms with Crippen LogP contribution in [0.25, 0.3) is 0 Å². The normalized spacial score (nSPS) is 10.3. The van der Waals surface area contributed by atoms with Gasteiger partial charge in [-0.15, -0.1) is 0 Å². The molecule has 0 N–H and O–H groups in total. The Kier molecular flexibility index (Phi) is 2.72.